The highest BCUT2D eigenvalue weighted by atomic mass is 32.1. The van der Waals surface area contributed by atoms with Crippen molar-refractivity contribution in [3.8, 4) is 0 Å². The van der Waals surface area contributed by atoms with E-state index >= 15 is 0 Å². The molecule has 0 fully saturated rings. The van der Waals surface area contributed by atoms with Crippen molar-refractivity contribution in [2.75, 3.05) is 18.0 Å². The van der Waals surface area contributed by atoms with E-state index in [1.165, 1.54) is 29.7 Å². The second kappa shape index (κ2) is 5.50. The van der Waals surface area contributed by atoms with Crippen LogP contribution in [0.4, 0.5) is 5.69 Å². The number of anilines is 1. The molecule has 3 heteroatoms. The zero-order valence-corrected chi connectivity index (χ0v) is 11.4. The van der Waals surface area contributed by atoms with Crippen LogP contribution in [0.25, 0.3) is 0 Å². The van der Waals surface area contributed by atoms with Crippen LogP contribution in [0, 0.1) is 6.92 Å². The number of nitrogens with one attached hydrogen (secondary N) is 1. The Morgan fingerprint density at radius 2 is 2.29 bits per heavy atom. The highest BCUT2D eigenvalue weighted by Gasteiger charge is 2.19. The summed E-state index contributed by atoms with van der Waals surface area (Å²) in [4.78, 5) is 2.24. The Hall–Kier alpha value is -1.09. The van der Waals surface area contributed by atoms with Crippen LogP contribution in [0.5, 0.6) is 0 Å². The van der Waals surface area contributed by atoms with Gasteiger partial charge >= 0.3 is 0 Å². The van der Waals surface area contributed by atoms with Crippen molar-refractivity contribution in [3.63, 3.8) is 0 Å². The molecule has 1 aliphatic heterocycles. The monoisotopic (exact) mass is 248 g/mol. The molecule has 0 saturated carbocycles. The molecule has 1 N–H and O–H groups in total. The number of aryl methyl sites for hydroxylation is 2. The van der Waals surface area contributed by atoms with Crippen LogP contribution >= 0.6 is 12.2 Å². The molecular weight excluding hydrogens is 228 g/mol. The molecule has 1 heterocycles. The van der Waals surface area contributed by atoms with Crippen molar-refractivity contribution in [3.05, 3.63) is 29.3 Å². The van der Waals surface area contributed by atoms with E-state index in [9.17, 15) is 0 Å². The van der Waals surface area contributed by atoms with Gasteiger partial charge in [-0.2, -0.15) is 0 Å². The minimum Gasteiger partial charge on any atom is -0.362 e. The summed E-state index contributed by atoms with van der Waals surface area (Å²) >= 11 is 5.46. The maximum atomic E-state index is 5.46. The Kier molecular flexibility index (Phi) is 4.00. The smallest absolute Gasteiger partial charge is 0.173 e. The van der Waals surface area contributed by atoms with Gasteiger partial charge in [0.2, 0.25) is 0 Å². The fraction of sp³-hybridized carbons (Fsp3) is 0.500. The average molecular weight is 248 g/mol. The maximum absolute atomic E-state index is 5.46. The van der Waals surface area contributed by atoms with Crippen molar-refractivity contribution in [1.82, 2.24) is 5.32 Å². The maximum Gasteiger partial charge on any atom is 0.173 e. The van der Waals surface area contributed by atoms with Crippen molar-refractivity contribution < 1.29 is 0 Å². The third-order valence-electron chi connectivity index (χ3n) is 3.13. The first kappa shape index (κ1) is 12.4. The molecule has 2 rings (SSSR count). The fourth-order valence-electron chi connectivity index (χ4n) is 2.26. The van der Waals surface area contributed by atoms with Gasteiger partial charge in [-0.15, -0.1) is 0 Å². The molecule has 92 valence electrons. The molecule has 0 saturated heterocycles. The number of thiocarbonyl (C=S) groups is 1. The number of nitrogens with zero attached hydrogens (tertiary/aromatic N) is 1. The second-order valence-electron chi connectivity index (χ2n) is 4.62. The Labute approximate surface area is 109 Å². The predicted octanol–water partition coefficient (Wildman–Crippen LogP) is 3.03. The van der Waals surface area contributed by atoms with Crippen molar-refractivity contribution in [1.29, 1.82) is 0 Å². The number of benzene rings is 1. The lowest BCUT2D eigenvalue weighted by atomic mass is 10.00. The minimum absolute atomic E-state index is 0.872. The Morgan fingerprint density at radius 3 is 3.06 bits per heavy atom. The van der Waals surface area contributed by atoms with Crippen LogP contribution in [-0.2, 0) is 6.42 Å². The number of rotatable bonds is 2. The van der Waals surface area contributed by atoms with Crippen LogP contribution < -0.4 is 10.2 Å². The zero-order valence-electron chi connectivity index (χ0n) is 10.6. The lowest BCUT2D eigenvalue weighted by Crippen LogP contribution is -2.42. The van der Waals surface area contributed by atoms with Gasteiger partial charge in [-0.25, -0.2) is 0 Å². The molecule has 2 nitrogen and oxygen atoms in total. The summed E-state index contributed by atoms with van der Waals surface area (Å²) in [6.45, 7) is 6.29. The van der Waals surface area contributed by atoms with Gasteiger partial charge in [0.15, 0.2) is 5.11 Å². The number of hydrogen-bond donors (Lipinski definition) is 1. The van der Waals surface area contributed by atoms with E-state index in [1.54, 1.807) is 0 Å². The van der Waals surface area contributed by atoms with E-state index in [4.69, 9.17) is 12.2 Å². The number of fused-ring (bicyclic) bond motifs is 1. The molecule has 0 atom stereocenters. The van der Waals surface area contributed by atoms with Gasteiger partial charge in [-0.3, -0.25) is 0 Å². The van der Waals surface area contributed by atoms with E-state index < -0.39 is 0 Å². The SMILES string of the molecule is CCCNC(=S)N1CCCc2cc(C)ccc21. The van der Waals surface area contributed by atoms with Gasteiger partial charge in [-0.05, 0) is 50.0 Å². The second-order valence-corrected chi connectivity index (χ2v) is 5.01. The van der Waals surface area contributed by atoms with Crippen LogP contribution in [-0.4, -0.2) is 18.2 Å². The highest BCUT2D eigenvalue weighted by molar-refractivity contribution is 7.80. The first-order chi connectivity index (χ1) is 8.22. The van der Waals surface area contributed by atoms with Crippen LogP contribution in [0.3, 0.4) is 0 Å². The van der Waals surface area contributed by atoms with Crippen molar-refractivity contribution >= 4 is 23.0 Å². The van der Waals surface area contributed by atoms with Gasteiger partial charge in [0.25, 0.3) is 0 Å². The third kappa shape index (κ3) is 2.78. The van der Waals surface area contributed by atoms with Gasteiger partial charge in [0, 0.05) is 18.8 Å². The van der Waals surface area contributed by atoms with Gasteiger partial charge in [-0.1, -0.05) is 24.6 Å². The highest BCUT2D eigenvalue weighted by Crippen LogP contribution is 2.27. The minimum atomic E-state index is 0.872. The molecule has 1 aliphatic rings. The molecule has 1 aromatic rings. The molecule has 0 amide bonds. The summed E-state index contributed by atoms with van der Waals surface area (Å²) in [6, 6.07) is 6.65. The summed E-state index contributed by atoms with van der Waals surface area (Å²) in [5.74, 6) is 0. The summed E-state index contributed by atoms with van der Waals surface area (Å²) in [5, 5.41) is 4.19. The summed E-state index contributed by atoms with van der Waals surface area (Å²) in [7, 11) is 0. The first-order valence-electron chi connectivity index (χ1n) is 6.37. The molecule has 0 unspecified atom stereocenters. The van der Waals surface area contributed by atoms with Crippen LogP contribution in [0.2, 0.25) is 0 Å². The van der Waals surface area contributed by atoms with Gasteiger partial charge in [0.1, 0.15) is 0 Å². The molecule has 1 aromatic carbocycles. The van der Waals surface area contributed by atoms with Crippen LogP contribution in [0.1, 0.15) is 30.9 Å². The molecule has 0 aromatic heterocycles. The molecule has 17 heavy (non-hydrogen) atoms. The van der Waals surface area contributed by atoms with E-state index in [2.05, 4.69) is 42.3 Å². The zero-order chi connectivity index (χ0) is 12.3. The van der Waals surface area contributed by atoms with E-state index in [0.29, 0.717) is 0 Å². The largest absolute Gasteiger partial charge is 0.362 e. The average Bonchev–Trinajstić information content (AvgIpc) is 2.34. The molecule has 0 spiro atoms. The number of hydrogen-bond acceptors (Lipinski definition) is 1. The molecule has 0 radical (unpaired) electrons. The molecule has 0 aliphatic carbocycles. The molecule has 0 bridgehead atoms. The van der Waals surface area contributed by atoms with Crippen molar-refractivity contribution in [2.24, 2.45) is 0 Å². The lowest BCUT2D eigenvalue weighted by Gasteiger charge is -2.32. The Balaban J connectivity index is 2.19. The topological polar surface area (TPSA) is 15.3 Å². The van der Waals surface area contributed by atoms with Crippen molar-refractivity contribution in [2.45, 2.75) is 33.1 Å². The van der Waals surface area contributed by atoms with E-state index in [0.717, 1.165) is 24.6 Å². The lowest BCUT2D eigenvalue weighted by molar-refractivity contribution is 0.756. The quantitative estimate of drug-likeness (QED) is 0.810. The third-order valence-corrected chi connectivity index (χ3v) is 3.49. The Morgan fingerprint density at radius 1 is 1.47 bits per heavy atom. The fourth-order valence-corrected chi connectivity index (χ4v) is 2.56. The Bertz CT molecular complexity index is 415. The van der Waals surface area contributed by atoms with E-state index in [-0.39, 0.29) is 0 Å². The van der Waals surface area contributed by atoms with Gasteiger partial charge < -0.3 is 10.2 Å². The summed E-state index contributed by atoms with van der Waals surface area (Å²) < 4.78 is 0. The standard InChI is InChI=1S/C14H20N2S/c1-3-8-15-14(17)16-9-4-5-12-10-11(2)6-7-13(12)16/h6-7,10H,3-5,8-9H2,1-2H3,(H,15,17). The normalized spacial score (nSPS) is 14.4. The van der Waals surface area contributed by atoms with Crippen LogP contribution in [0.15, 0.2) is 18.2 Å². The summed E-state index contributed by atoms with van der Waals surface area (Å²) in [6.07, 6.45) is 3.46. The predicted molar refractivity (Wildman–Crippen MR) is 77.7 cm³/mol. The summed E-state index contributed by atoms with van der Waals surface area (Å²) in [5.41, 5.74) is 4.05. The van der Waals surface area contributed by atoms with Gasteiger partial charge in [0.05, 0.1) is 0 Å². The van der Waals surface area contributed by atoms with E-state index in [1.807, 2.05) is 0 Å². The molecular formula is C14H20N2S. The first-order valence-corrected chi connectivity index (χ1v) is 6.78.